The van der Waals surface area contributed by atoms with E-state index in [1.165, 1.54) is 0 Å². The number of hydrogen-bond acceptors (Lipinski definition) is 2. The summed E-state index contributed by atoms with van der Waals surface area (Å²) in [6, 6.07) is 9.63. The number of rotatable bonds is 5. The summed E-state index contributed by atoms with van der Waals surface area (Å²) >= 11 is 0. The van der Waals surface area contributed by atoms with Gasteiger partial charge in [0.05, 0.1) is 6.42 Å². The number of hydrogen-bond donors (Lipinski definition) is 2. The lowest BCUT2D eigenvalue weighted by Gasteiger charge is -2.19. The van der Waals surface area contributed by atoms with Gasteiger partial charge in [0, 0.05) is 12.6 Å². The molecule has 0 fully saturated rings. The van der Waals surface area contributed by atoms with Crippen molar-refractivity contribution < 1.29 is 9.90 Å². The third-order valence-corrected chi connectivity index (χ3v) is 2.74. The largest absolute Gasteiger partial charge is 0.396 e. The molecule has 0 saturated carbocycles. The van der Waals surface area contributed by atoms with Crippen LogP contribution in [0, 0.1) is 5.92 Å². The van der Waals surface area contributed by atoms with Gasteiger partial charge in [-0.25, -0.2) is 0 Å². The zero-order valence-corrected chi connectivity index (χ0v) is 9.81. The zero-order chi connectivity index (χ0) is 12.0. The number of benzene rings is 1. The van der Waals surface area contributed by atoms with E-state index in [1.807, 2.05) is 44.2 Å². The van der Waals surface area contributed by atoms with E-state index in [1.54, 1.807) is 0 Å². The third kappa shape index (κ3) is 4.03. The summed E-state index contributed by atoms with van der Waals surface area (Å²) in [4.78, 5) is 11.7. The minimum Gasteiger partial charge on any atom is -0.396 e. The molecular weight excluding hydrogens is 202 g/mol. The minimum atomic E-state index is -0.000926. The molecule has 2 unspecified atom stereocenters. The van der Waals surface area contributed by atoms with Crippen molar-refractivity contribution in [3.05, 3.63) is 35.9 Å². The van der Waals surface area contributed by atoms with Crippen LogP contribution in [0.4, 0.5) is 0 Å². The monoisotopic (exact) mass is 221 g/mol. The molecule has 3 heteroatoms. The maximum absolute atomic E-state index is 11.7. The molecule has 0 aliphatic carbocycles. The molecule has 0 aliphatic heterocycles. The number of carbonyl (C=O) groups excluding carboxylic acids is 1. The predicted molar refractivity (Wildman–Crippen MR) is 64.0 cm³/mol. The average molecular weight is 221 g/mol. The van der Waals surface area contributed by atoms with Gasteiger partial charge in [-0.2, -0.15) is 0 Å². The highest BCUT2D eigenvalue weighted by molar-refractivity contribution is 5.78. The summed E-state index contributed by atoms with van der Waals surface area (Å²) in [7, 11) is 0. The van der Waals surface area contributed by atoms with Crippen molar-refractivity contribution >= 4 is 5.91 Å². The van der Waals surface area contributed by atoms with Crippen LogP contribution in [0.5, 0.6) is 0 Å². The molecule has 16 heavy (non-hydrogen) atoms. The second-order valence-corrected chi connectivity index (χ2v) is 4.18. The summed E-state index contributed by atoms with van der Waals surface area (Å²) in [5.74, 6) is 0.0822. The van der Waals surface area contributed by atoms with Crippen molar-refractivity contribution in [1.29, 1.82) is 0 Å². The van der Waals surface area contributed by atoms with Gasteiger partial charge in [0.2, 0.25) is 5.91 Å². The summed E-state index contributed by atoms with van der Waals surface area (Å²) in [6.45, 7) is 3.91. The molecule has 1 rings (SSSR count). The Bertz CT molecular complexity index is 324. The van der Waals surface area contributed by atoms with E-state index in [0.29, 0.717) is 6.42 Å². The first-order valence-electron chi connectivity index (χ1n) is 5.57. The van der Waals surface area contributed by atoms with Gasteiger partial charge in [0.25, 0.3) is 0 Å². The van der Waals surface area contributed by atoms with E-state index >= 15 is 0 Å². The smallest absolute Gasteiger partial charge is 0.224 e. The quantitative estimate of drug-likeness (QED) is 0.788. The number of aliphatic hydroxyl groups excluding tert-OH is 1. The minimum absolute atomic E-state index is 0.000926. The molecule has 0 bridgehead atoms. The Morgan fingerprint density at radius 3 is 2.50 bits per heavy atom. The molecule has 1 aromatic carbocycles. The second kappa shape index (κ2) is 6.28. The first kappa shape index (κ1) is 12.7. The number of amides is 1. The Hall–Kier alpha value is -1.35. The molecule has 0 spiro atoms. The van der Waals surface area contributed by atoms with Crippen LogP contribution in [0.25, 0.3) is 0 Å². The molecule has 2 N–H and O–H groups in total. The maximum Gasteiger partial charge on any atom is 0.224 e. The van der Waals surface area contributed by atoms with Crippen molar-refractivity contribution in [3.8, 4) is 0 Å². The SMILES string of the molecule is CC(CO)C(C)NC(=O)Cc1ccccc1. The van der Waals surface area contributed by atoms with Gasteiger partial charge in [-0.1, -0.05) is 37.3 Å². The molecule has 2 atom stereocenters. The van der Waals surface area contributed by atoms with Crippen molar-refractivity contribution in [3.63, 3.8) is 0 Å². The lowest BCUT2D eigenvalue weighted by atomic mass is 10.0. The van der Waals surface area contributed by atoms with Crippen LogP contribution in [0.15, 0.2) is 30.3 Å². The Balaban J connectivity index is 2.42. The third-order valence-electron chi connectivity index (χ3n) is 2.74. The van der Waals surface area contributed by atoms with Gasteiger partial charge in [-0.05, 0) is 18.4 Å². The summed E-state index contributed by atoms with van der Waals surface area (Å²) in [5, 5.41) is 11.8. The number of nitrogens with one attached hydrogen (secondary N) is 1. The lowest BCUT2D eigenvalue weighted by molar-refractivity contribution is -0.121. The number of aliphatic hydroxyl groups is 1. The Kier molecular flexibility index (Phi) is 4.99. The molecule has 0 heterocycles. The molecule has 0 saturated heterocycles. The van der Waals surface area contributed by atoms with Crippen molar-refractivity contribution in [2.75, 3.05) is 6.61 Å². The second-order valence-electron chi connectivity index (χ2n) is 4.18. The predicted octanol–water partition coefficient (Wildman–Crippen LogP) is 1.36. The first-order chi connectivity index (χ1) is 7.63. The van der Waals surface area contributed by atoms with Crippen LogP contribution in [-0.2, 0) is 11.2 Å². The molecular formula is C13H19NO2. The fourth-order valence-electron chi connectivity index (χ4n) is 1.39. The average Bonchev–Trinajstić information content (AvgIpc) is 2.29. The van der Waals surface area contributed by atoms with Gasteiger partial charge < -0.3 is 10.4 Å². The Labute approximate surface area is 96.5 Å². The Morgan fingerprint density at radius 1 is 1.31 bits per heavy atom. The van der Waals surface area contributed by atoms with Crippen molar-refractivity contribution in [1.82, 2.24) is 5.32 Å². The highest BCUT2D eigenvalue weighted by atomic mass is 16.3. The van der Waals surface area contributed by atoms with E-state index in [0.717, 1.165) is 5.56 Å². The zero-order valence-electron chi connectivity index (χ0n) is 9.81. The summed E-state index contributed by atoms with van der Waals surface area (Å²) < 4.78 is 0. The van der Waals surface area contributed by atoms with Crippen LogP contribution in [0.2, 0.25) is 0 Å². The molecule has 0 aliphatic rings. The van der Waals surface area contributed by atoms with Gasteiger partial charge >= 0.3 is 0 Å². The Morgan fingerprint density at radius 2 is 1.94 bits per heavy atom. The standard InChI is InChI=1S/C13H19NO2/c1-10(9-15)11(2)14-13(16)8-12-6-4-3-5-7-12/h3-7,10-11,15H,8-9H2,1-2H3,(H,14,16). The highest BCUT2D eigenvalue weighted by Crippen LogP contribution is 2.03. The van der Waals surface area contributed by atoms with E-state index < -0.39 is 0 Å². The molecule has 0 aromatic heterocycles. The fraction of sp³-hybridized carbons (Fsp3) is 0.462. The van der Waals surface area contributed by atoms with Crippen molar-refractivity contribution in [2.45, 2.75) is 26.3 Å². The van der Waals surface area contributed by atoms with Crippen LogP contribution < -0.4 is 5.32 Å². The summed E-state index contributed by atoms with van der Waals surface area (Å²) in [5.41, 5.74) is 1.00. The molecule has 1 aromatic rings. The molecule has 88 valence electrons. The van der Waals surface area contributed by atoms with Gasteiger partial charge in [0.15, 0.2) is 0 Å². The van der Waals surface area contributed by atoms with E-state index in [-0.39, 0.29) is 24.5 Å². The van der Waals surface area contributed by atoms with Crippen LogP contribution in [0.3, 0.4) is 0 Å². The molecule has 1 amide bonds. The van der Waals surface area contributed by atoms with Gasteiger partial charge in [-0.3, -0.25) is 4.79 Å². The highest BCUT2D eigenvalue weighted by Gasteiger charge is 2.13. The lowest BCUT2D eigenvalue weighted by Crippen LogP contribution is -2.39. The van der Waals surface area contributed by atoms with E-state index in [4.69, 9.17) is 5.11 Å². The van der Waals surface area contributed by atoms with Crippen LogP contribution >= 0.6 is 0 Å². The van der Waals surface area contributed by atoms with Crippen molar-refractivity contribution in [2.24, 2.45) is 5.92 Å². The topological polar surface area (TPSA) is 49.3 Å². The first-order valence-corrected chi connectivity index (χ1v) is 5.57. The van der Waals surface area contributed by atoms with Gasteiger partial charge in [0.1, 0.15) is 0 Å². The van der Waals surface area contributed by atoms with E-state index in [9.17, 15) is 4.79 Å². The van der Waals surface area contributed by atoms with Crippen LogP contribution in [0.1, 0.15) is 19.4 Å². The van der Waals surface area contributed by atoms with E-state index in [2.05, 4.69) is 5.32 Å². The molecule has 3 nitrogen and oxygen atoms in total. The number of carbonyl (C=O) groups is 1. The van der Waals surface area contributed by atoms with Crippen LogP contribution in [-0.4, -0.2) is 23.7 Å². The fourth-order valence-corrected chi connectivity index (χ4v) is 1.39. The van der Waals surface area contributed by atoms with Gasteiger partial charge in [-0.15, -0.1) is 0 Å². The molecule has 0 radical (unpaired) electrons. The normalized spacial score (nSPS) is 14.2. The maximum atomic E-state index is 11.7. The summed E-state index contributed by atoms with van der Waals surface area (Å²) in [6.07, 6.45) is 0.392.